The Morgan fingerprint density at radius 2 is 1.91 bits per heavy atom. The Bertz CT molecular complexity index is 174. The number of hydrogen-bond donors (Lipinski definition) is 0. The van der Waals surface area contributed by atoms with Gasteiger partial charge in [-0.25, -0.2) is 0 Å². The van der Waals surface area contributed by atoms with Crippen molar-refractivity contribution in [3.8, 4) is 0 Å². The van der Waals surface area contributed by atoms with Crippen LogP contribution in [0.2, 0.25) is 0 Å². The lowest BCUT2D eigenvalue weighted by molar-refractivity contribution is 0.264. The fraction of sp³-hybridized carbons (Fsp3) is 0.444. The molecule has 0 aliphatic carbocycles. The first-order chi connectivity index (χ1) is 5.02. The third-order valence-electron chi connectivity index (χ3n) is 1.19. The molecule has 0 saturated heterocycles. The lowest BCUT2D eigenvalue weighted by Gasteiger charge is -2.16. The summed E-state index contributed by atoms with van der Waals surface area (Å²) < 4.78 is 0. The predicted molar refractivity (Wildman–Crippen MR) is 48.4 cm³/mol. The number of hydrogen-bond acceptors (Lipinski definition) is 2. The Hall–Kier alpha value is -1.05. The minimum atomic E-state index is -0.0231. The largest absolute Gasteiger partial charge is 0.365 e. The van der Waals surface area contributed by atoms with Gasteiger partial charge in [0.15, 0.2) is 0 Å². The highest BCUT2D eigenvalue weighted by Gasteiger charge is 2.16. The first kappa shape index (κ1) is 9.95. The lowest BCUT2D eigenvalue weighted by atomic mass is 9.90. The third-order valence-corrected chi connectivity index (χ3v) is 1.19. The molecule has 0 aliphatic rings. The molecule has 0 radical (unpaired) electrons. The first-order valence-electron chi connectivity index (χ1n) is 3.50. The second-order valence-corrected chi connectivity index (χ2v) is 3.20. The molecule has 11 heavy (non-hydrogen) atoms. The van der Waals surface area contributed by atoms with Gasteiger partial charge in [-0.3, -0.25) is 0 Å². The van der Waals surface area contributed by atoms with Crippen LogP contribution >= 0.6 is 0 Å². The van der Waals surface area contributed by atoms with E-state index in [4.69, 9.17) is 4.84 Å². The highest BCUT2D eigenvalue weighted by atomic mass is 16.6. The van der Waals surface area contributed by atoms with Crippen LogP contribution in [0.3, 0.4) is 0 Å². The van der Waals surface area contributed by atoms with E-state index >= 15 is 0 Å². The molecule has 0 aromatic heterocycles. The van der Waals surface area contributed by atoms with Crippen molar-refractivity contribution in [2.75, 3.05) is 0 Å². The summed E-state index contributed by atoms with van der Waals surface area (Å²) in [5, 5.41) is 3.81. The molecule has 0 aromatic rings. The highest BCUT2D eigenvalue weighted by molar-refractivity contribution is 5.98. The summed E-state index contributed by atoms with van der Waals surface area (Å²) in [5.41, 5.74) is 0.794. The van der Waals surface area contributed by atoms with Crippen LogP contribution in [0.4, 0.5) is 0 Å². The molecule has 0 fully saturated rings. The van der Waals surface area contributed by atoms with Crippen LogP contribution in [-0.4, -0.2) is 5.71 Å². The number of nitrogens with zero attached hydrogens (tertiary/aromatic N) is 1. The van der Waals surface area contributed by atoms with Crippen molar-refractivity contribution in [2.24, 2.45) is 10.6 Å². The van der Waals surface area contributed by atoms with Crippen molar-refractivity contribution in [2.45, 2.75) is 20.8 Å². The standard InChI is InChI=1S/C9H15NO/c1-6-8(9(3,4)5)10-11-7-2/h6-7H,1-2H2,3-5H3/b10-8+. The van der Waals surface area contributed by atoms with Crippen LogP contribution in [0.5, 0.6) is 0 Å². The van der Waals surface area contributed by atoms with Gasteiger partial charge in [-0.1, -0.05) is 39.1 Å². The molecule has 0 saturated carbocycles. The lowest BCUT2D eigenvalue weighted by Crippen LogP contribution is -2.17. The van der Waals surface area contributed by atoms with E-state index in [0.29, 0.717) is 0 Å². The molecule has 0 amide bonds. The summed E-state index contributed by atoms with van der Waals surface area (Å²) in [4.78, 5) is 4.69. The van der Waals surface area contributed by atoms with Crippen molar-refractivity contribution in [1.29, 1.82) is 0 Å². The molecule has 0 spiro atoms. The van der Waals surface area contributed by atoms with Crippen molar-refractivity contribution in [3.63, 3.8) is 0 Å². The Labute approximate surface area is 68.2 Å². The fourth-order valence-electron chi connectivity index (χ4n) is 0.574. The van der Waals surface area contributed by atoms with Gasteiger partial charge in [0.25, 0.3) is 0 Å². The van der Waals surface area contributed by atoms with Crippen LogP contribution < -0.4 is 0 Å². The first-order valence-corrected chi connectivity index (χ1v) is 3.50. The van der Waals surface area contributed by atoms with Gasteiger partial charge in [-0.2, -0.15) is 0 Å². The van der Waals surface area contributed by atoms with E-state index in [9.17, 15) is 0 Å². The van der Waals surface area contributed by atoms with Crippen molar-refractivity contribution < 1.29 is 4.84 Å². The van der Waals surface area contributed by atoms with Gasteiger partial charge < -0.3 is 4.84 Å². The topological polar surface area (TPSA) is 21.6 Å². The maximum atomic E-state index is 4.69. The zero-order valence-electron chi connectivity index (χ0n) is 7.42. The summed E-state index contributed by atoms with van der Waals surface area (Å²) >= 11 is 0. The fourth-order valence-corrected chi connectivity index (χ4v) is 0.574. The summed E-state index contributed by atoms with van der Waals surface area (Å²) in [6, 6.07) is 0. The molecule has 0 unspecified atom stereocenters. The average molecular weight is 153 g/mol. The molecule has 0 rings (SSSR count). The third kappa shape index (κ3) is 3.61. The van der Waals surface area contributed by atoms with Crippen molar-refractivity contribution in [1.82, 2.24) is 0 Å². The Balaban J connectivity index is 4.39. The van der Waals surface area contributed by atoms with Gasteiger partial charge in [0.1, 0.15) is 6.26 Å². The van der Waals surface area contributed by atoms with Crippen molar-refractivity contribution >= 4 is 5.71 Å². The van der Waals surface area contributed by atoms with E-state index in [1.807, 2.05) is 20.8 Å². The molecule has 0 atom stereocenters. The summed E-state index contributed by atoms with van der Waals surface area (Å²) in [5.74, 6) is 0. The van der Waals surface area contributed by atoms with E-state index in [1.54, 1.807) is 6.08 Å². The molecule has 0 aromatic carbocycles. The number of oxime groups is 1. The number of allylic oxidation sites excluding steroid dienone is 1. The maximum Gasteiger partial charge on any atom is 0.114 e. The van der Waals surface area contributed by atoms with Crippen LogP contribution in [0, 0.1) is 5.41 Å². The predicted octanol–water partition coefficient (Wildman–Crippen LogP) is 2.73. The Kier molecular flexibility index (Phi) is 3.58. The Morgan fingerprint density at radius 3 is 2.18 bits per heavy atom. The normalized spacial score (nSPS) is 12.5. The van der Waals surface area contributed by atoms with Crippen LogP contribution in [-0.2, 0) is 4.84 Å². The maximum absolute atomic E-state index is 4.69. The monoisotopic (exact) mass is 153 g/mol. The van der Waals surface area contributed by atoms with E-state index in [1.165, 1.54) is 6.26 Å². The minimum Gasteiger partial charge on any atom is -0.365 e. The second-order valence-electron chi connectivity index (χ2n) is 3.20. The molecule has 62 valence electrons. The smallest absolute Gasteiger partial charge is 0.114 e. The van der Waals surface area contributed by atoms with Crippen molar-refractivity contribution in [3.05, 3.63) is 25.5 Å². The summed E-state index contributed by atoms with van der Waals surface area (Å²) in [7, 11) is 0. The zero-order valence-corrected chi connectivity index (χ0v) is 7.42. The molecule has 0 heterocycles. The summed E-state index contributed by atoms with van der Waals surface area (Å²) in [6.07, 6.45) is 2.97. The van der Waals surface area contributed by atoms with Gasteiger partial charge >= 0.3 is 0 Å². The zero-order chi connectivity index (χ0) is 8.91. The SMILES string of the molecule is C=CO/N=C(\C=C)C(C)(C)C. The van der Waals surface area contributed by atoms with E-state index in [0.717, 1.165) is 5.71 Å². The van der Waals surface area contributed by atoms with Gasteiger partial charge in [0.05, 0.1) is 5.71 Å². The molecular weight excluding hydrogens is 138 g/mol. The van der Waals surface area contributed by atoms with E-state index < -0.39 is 0 Å². The Morgan fingerprint density at radius 1 is 1.36 bits per heavy atom. The van der Waals surface area contributed by atoms with Gasteiger partial charge in [-0.05, 0) is 6.08 Å². The van der Waals surface area contributed by atoms with E-state index in [-0.39, 0.29) is 5.41 Å². The van der Waals surface area contributed by atoms with Crippen LogP contribution in [0.1, 0.15) is 20.8 Å². The van der Waals surface area contributed by atoms with Crippen LogP contribution in [0.15, 0.2) is 30.7 Å². The molecular formula is C9H15NO. The van der Waals surface area contributed by atoms with Crippen LogP contribution in [0.25, 0.3) is 0 Å². The molecule has 0 aliphatic heterocycles. The average Bonchev–Trinajstić information content (AvgIpc) is 1.87. The molecule has 2 heteroatoms. The molecule has 2 nitrogen and oxygen atoms in total. The van der Waals surface area contributed by atoms with Gasteiger partial charge in [0.2, 0.25) is 0 Å². The second kappa shape index (κ2) is 3.96. The molecule has 0 N–H and O–H groups in total. The minimum absolute atomic E-state index is 0.0231. The molecule has 0 bridgehead atoms. The van der Waals surface area contributed by atoms with Gasteiger partial charge in [0, 0.05) is 5.41 Å². The number of rotatable bonds is 3. The summed E-state index contributed by atoms with van der Waals surface area (Å²) in [6.45, 7) is 13.1. The van der Waals surface area contributed by atoms with Gasteiger partial charge in [-0.15, -0.1) is 0 Å². The van der Waals surface area contributed by atoms with E-state index in [2.05, 4.69) is 18.3 Å². The highest BCUT2D eigenvalue weighted by Crippen LogP contribution is 2.16. The quantitative estimate of drug-likeness (QED) is 0.347.